The summed E-state index contributed by atoms with van der Waals surface area (Å²) in [5, 5.41) is 17.7. The predicted molar refractivity (Wildman–Crippen MR) is 90.8 cm³/mol. The van der Waals surface area contributed by atoms with Crippen LogP contribution < -0.4 is 0 Å². The van der Waals surface area contributed by atoms with Crippen LogP contribution in [0.2, 0.25) is 0 Å². The van der Waals surface area contributed by atoms with Crippen molar-refractivity contribution in [3.05, 3.63) is 12.2 Å². The number of hydroxylamine groups is 2. The highest BCUT2D eigenvalue weighted by molar-refractivity contribution is 5.89. The summed E-state index contributed by atoms with van der Waals surface area (Å²) >= 11 is 0. The van der Waals surface area contributed by atoms with Crippen molar-refractivity contribution in [3.8, 4) is 0 Å². The number of esters is 1. The Balaban J connectivity index is 0.000000609. The second-order valence-electron chi connectivity index (χ2n) is 6.99. The first-order valence-corrected chi connectivity index (χ1v) is 8.06. The quantitative estimate of drug-likeness (QED) is 0.567. The van der Waals surface area contributed by atoms with Crippen molar-refractivity contribution in [1.82, 2.24) is 5.06 Å². The zero-order valence-electron chi connectivity index (χ0n) is 15.7. The third-order valence-electron chi connectivity index (χ3n) is 3.51. The Hall–Kier alpha value is -1.93. The van der Waals surface area contributed by atoms with Gasteiger partial charge in [0.15, 0.2) is 0 Å². The lowest BCUT2D eigenvalue weighted by Crippen LogP contribution is -2.62. The van der Waals surface area contributed by atoms with E-state index in [0.29, 0.717) is 18.8 Å². The number of carbonyl (C=O) groups is 3. The lowest BCUT2D eigenvalue weighted by atomic mass is 9.80. The Morgan fingerprint density at radius 1 is 1.04 bits per heavy atom. The van der Waals surface area contributed by atoms with Crippen molar-refractivity contribution in [2.45, 2.75) is 71.6 Å². The molecular formula is C17H29NO7. The Bertz CT molecular complexity index is 477. The second-order valence-corrected chi connectivity index (χ2v) is 6.99. The van der Waals surface area contributed by atoms with E-state index in [1.54, 1.807) is 0 Å². The minimum atomic E-state index is -1.26. The maximum Gasteiger partial charge on any atom is 0.328 e. The molecule has 0 aromatic heterocycles. The van der Waals surface area contributed by atoms with Gasteiger partial charge in [0.25, 0.3) is 0 Å². The van der Waals surface area contributed by atoms with E-state index < -0.39 is 11.9 Å². The van der Waals surface area contributed by atoms with E-state index in [9.17, 15) is 14.4 Å². The van der Waals surface area contributed by atoms with E-state index in [1.807, 2.05) is 6.92 Å². The van der Waals surface area contributed by atoms with Gasteiger partial charge in [-0.15, -0.1) is 0 Å². The molecule has 8 heteroatoms. The number of nitrogens with zero attached hydrogens (tertiary/aromatic N) is 1. The number of carbonyl (C=O) groups excluding carboxylic acids is 1. The molecule has 0 aliphatic carbocycles. The Morgan fingerprint density at radius 3 is 1.72 bits per heavy atom. The van der Waals surface area contributed by atoms with Gasteiger partial charge in [0.1, 0.15) is 6.10 Å². The predicted octanol–water partition coefficient (Wildman–Crippen LogP) is 2.23. The molecule has 1 heterocycles. The normalized spacial score (nSPS) is 19.8. The largest absolute Gasteiger partial charge is 0.478 e. The van der Waals surface area contributed by atoms with Gasteiger partial charge in [0, 0.05) is 43.0 Å². The molecule has 0 aromatic carbocycles. The van der Waals surface area contributed by atoms with Crippen LogP contribution in [0.4, 0.5) is 0 Å². The number of ether oxygens (including phenoxy) is 1. The highest BCUT2D eigenvalue weighted by atomic mass is 16.7. The fourth-order valence-electron chi connectivity index (χ4n) is 3.11. The molecule has 1 aliphatic heterocycles. The lowest BCUT2D eigenvalue weighted by molar-refractivity contribution is -0.290. The molecule has 0 bridgehead atoms. The molecule has 1 rings (SSSR count). The van der Waals surface area contributed by atoms with Gasteiger partial charge in [0.2, 0.25) is 0 Å². The number of hydrogen-bond acceptors (Lipinski definition) is 6. The van der Waals surface area contributed by atoms with E-state index in [-0.39, 0.29) is 23.2 Å². The van der Waals surface area contributed by atoms with E-state index in [4.69, 9.17) is 19.8 Å². The smallest absolute Gasteiger partial charge is 0.328 e. The van der Waals surface area contributed by atoms with E-state index >= 15 is 0 Å². The summed E-state index contributed by atoms with van der Waals surface area (Å²) in [7, 11) is 0. The molecule has 144 valence electrons. The fourth-order valence-corrected chi connectivity index (χ4v) is 3.11. The topological polar surface area (TPSA) is 113 Å². The Labute approximate surface area is 148 Å². The van der Waals surface area contributed by atoms with Crippen LogP contribution in [0.3, 0.4) is 0 Å². The Kier molecular flexibility index (Phi) is 8.79. The van der Waals surface area contributed by atoms with Gasteiger partial charge in [-0.2, -0.15) is 5.06 Å². The summed E-state index contributed by atoms with van der Waals surface area (Å²) in [6.07, 6.45) is 2.70. The summed E-state index contributed by atoms with van der Waals surface area (Å²) in [4.78, 5) is 35.9. The summed E-state index contributed by atoms with van der Waals surface area (Å²) in [5.74, 6) is -2.72. The minimum Gasteiger partial charge on any atom is -0.478 e. The highest BCUT2D eigenvalue weighted by Gasteiger charge is 2.47. The van der Waals surface area contributed by atoms with Crippen LogP contribution >= 0.6 is 0 Å². The first-order chi connectivity index (χ1) is 11.3. The van der Waals surface area contributed by atoms with Crippen LogP contribution in [-0.2, 0) is 24.0 Å². The van der Waals surface area contributed by atoms with Crippen LogP contribution in [0.1, 0.15) is 54.4 Å². The number of hydrogen-bond donors (Lipinski definition) is 2. The number of piperidine rings is 1. The summed E-state index contributed by atoms with van der Waals surface area (Å²) in [5.41, 5.74) is -0.254. The molecule has 0 aromatic rings. The number of aliphatic carboxylic acids is 2. The standard InChI is InChI=1S/C13H25NO3.C4H4O4/c1-7-16-14-12(3,4)8-11(17-10(2)15)9-13(14,5)6;5-3(6)1-2-4(7)8/h11H,7-9H2,1-6H3;1-2H,(H,5,6)(H,7,8). The van der Waals surface area contributed by atoms with Crippen LogP contribution in [0, 0.1) is 0 Å². The number of carboxylic acids is 2. The molecular weight excluding hydrogens is 330 g/mol. The van der Waals surface area contributed by atoms with E-state index in [0.717, 1.165) is 12.8 Å². The Morgan fingerprint density at radius 2 is 1.44 bits per heavy atom. The van der Waals surface area contributed by atoms with Crippen LogP contribution in [0.25, 0.3) is 0 Å². The average Bonchev–Trinajstić information content (AvgIpc) is 2.39. The van der Waals surface area contributed by atoms with E-state index in [2.05, 4.69) is 32.8 Å². The van der Waals surface area contributed by atoms with Crippen LogP contribution in [-0.4, -0.2) is 57.0 Å². The SMILES string of the molecule is CCON1C(C)(C)CC(OC(C)=O)CC1(C)C.O=C(O)C=CC(=O)O. The number of rotatable bonds is 5. The molecule has 8 nitrogen and oxygen atoms in total. The molecule has 2 N–H and O–H groups in total. The van der Waals surface area contributed by atoms with Gasteiger partial charge in [-0.1, -0.05) is 0 Å². The van der Waals surface area contributed by atoms with Crippen molar-refractivity contribution in [2.24, 2.45) is 0 Å². The molecule has 1 saturated heterocycles. The first-order valence-electron chi connectivity index (χ1n) is 8.06. The summed E-state index contributed by atoms with van der Waals surface area (Å²) < 4.78 is 5.37. The molecule has 0 spiro atoms. The zero-order valence-corrected chi connectivity index (χ0v) is 15.7. The van der Waals surface area contributed by atoms with Gasteiger partial charge in [-0.05, 0) is 34.6 Å². The second kappa shape index (κ2) is 9.53. The first kappa shape index (κ1) is 23.1. The molecule has 25 heavy (non-hydrogen) atoms. The molecule has 1 aliphatic rings. The maximum atomic E-state index is 11.1. The fraction of sp³-hybridized carbons (Fsp3) is 0.706. The zero-order chi connectivity index (χ0) is 19.8. The third kappa shape index (κ3) is 8.64. The van der Waals surface area contributed by atoms with Gasteiger partial charge in [-0.3, -0.25) is 9.63 Å². The molecule has 0 amide bonds. The van der Waals surface area contributed by atoms with Crippen molar-refractivity contribution in [1.29, 1.82) is 0 Å². The van der Waals surface area contributed by atoms with Crippen LogP contribution in [0.5, 0.6) is 0 Å². The van der Waals surface area contributed by atoms with Gasteiger partial charge < -0.3 is 14.9 Å². The highest BCUT2D eigenvalue weighted by Crippen LogP contribution is 2.39. The molecule has 0 unspecified atom stereocenters. The minimum absolute atomic E-state index is 0.0193. The van der Waals surface area contributed by atoms with Crippen molar-refractivity contribution in [2.75, 3.05) is 6.61 Å². The van der Waals surface area contributed by atoms with E-state index in [1.165, 1.54) is 6.92 Å². The summed E-state index contributed by atoms with van der Waals surface area (Å²) in [6, 6.07) is 0. The molecule has 0 radical (unpaired) electrons. The van der Waals surface area contributed by atoms with Crippen molar-refractivity contribution >= 4 is 17.9 Å². The molecule has 1 fully saturated rings. The molecule has 0 atom stereocenters. The van der Waals surface area contributed by atoms with Crippen molar-refractivity contribution in [3.63, 3.8) is 0 Å². The monoisotopic (exact) mass is 359 g/mol. The lowest BCUT2D eigenvalue weighted by Gasteiger charge is -2.53. The van der Waals surface area contributed by atoms with Gasteiger partial charge in [-0.25, -0.2) is 9.59 Å². The average molecular weight is 359 g/mol. The summed E-state index contributed by atoms with van der Waals surface area (Å²) in [6.45, 7) is 12.6. The van der Waals surface area contributed by atoms with Gasteiger partial charge >= 0.3 is 17.9 Å². The number of carboxylic acid groups (broad SMARTS) is 2. The maximum absolute atomic E-state index is 11.1. The van der Waals surface area contributed by atoms with Crippen LogP contribution in [0.15, 0.2) is 12.2 Å². The van der Waals surface area contributed by atoms with Gasteiger partial charge in [0.05, 0.1) is 6.61 Å². The van der Waals surface area contributed by atoms with Crippen molar-refractivity contribution < 1.29 is 34.2 Å². The molecule has 0 saturated carbocycles. The third-order valence-corrected chi connectivity index (χ3v) is 3.51.